The average Bonchev–Trinajstić information content (AvgIpc) is 2.79. The lowest BCUT2D eigenvalue weighted by atomic mass is 10.2. The minimum atomic E-state index is -0.263. The lowest BCUT2D eigenvalue weighted by Gasteiger charge is -2.07. The van der Waals surface area contributed by atoms with Gasteiger partial charge in [-0.05, 0) is 36.4 Å². The third-order valence-corrected chi connectivity index (χ3v) is 3.60. The molecule has 0 radical (unpaired) electrons. The van der Waals surface area contributed by atoms with Crippen molar-refractivity contribution >= 4 is 26.8 Å². The zero-order valence-electron chi connectivity index (χ0n) is 9.91. The van der Waals surface area contributed by atoms with Crippen molar-refractivity contribution in [1.29, 1.82) is 0 Å². The summed E-state index contributed by atoms with van der Waals surface area (Å²) in [4.78, 5) is 0. The van der Waals surface area contributed by atoms with Crippen LogP contribution in [-0.2, 0) is 6.54 Å². The van der Waals surface area contributed by atoms with Gasteiger partial charge in [-0.3, -0.25) is 0 Å². The van der Waals surface area contributed by atoms with Crippen molar-refractivity contribution in [3.8, 4) is 0 Å². The zero-order chi connectivity index (χ0) is 13.4. The average molecular weight is 322 g/mol. The number of nitrogens with zero attached hydrogens (tertiary/aromatic N) is 1. The normalized spacial score (nSPS) is 11.1. The summed E-state index contributed by atoms with van der Waals surface area (Å²) in [6.07, 6.45) is 1.77. The van der Waals surface area contributed by atoms with E-state index in [1.165, 1.54) is 12.1 Å². The highest BCUT2D eigenvalue weighted by Gasteiger charge is 2.08. The van der Waals surface area contributed by atoms with E-state index in [-0.39, 0.29) is 11.6 Å². The molecule has 0 spiro atoms. The van der Waals surface area contributed by atoms with Crippen LogP contribution in [0.4, 0.5) is 8.78 Å². The van der Waals surface area contributed by atoms with Gasteiger partial charge in [0.05, 0.1) is 12.1 Å². The molecule has 0 aliphatic heterocycles. The van der Waals surface area contributed by atoms with E-state index in [1.54, 1.807) is 30.5 Å². The Morgan fingerprint density at radius 2 is 1.84 bits per heavy atom. The van der Waals surface area contributed by atoms with Gasteiger partial charge in [-0.2, -0.15) is 0 Å². The van der Waals surface area contributed by atoms with Crippen LogP contribution in [0.15, 0.2) is 53.1 Å². The van der Waals surface area contributed by atoms with E-state index in [0.717, 1.165) is 9.99 Å². The molecule has 3 rings (SSSR count). The van der Waals surface area contributed by atoms with Gasteiger partial charge >= 0.3 is 0 Å². The van der Waals surface area contributed by atoms with Gasteiger partial charge in [0, 0.05) is 21.6 Å². The van der Waals surface area contributed by atoms with E-state index in [1.807, 2.05) is 10.6 Å². The van der Waals surface area contributed by atoms with Crippen LogP contribution in [0, 0.1) is 11.6 Å². The summed E-state index contributed by atoms with van der Waals surface area (Å²) in [6.45, 7) is 0.373. The number of benzene rings is 2. The highest BCUT2D eigenvalue weighted by molar-refractivity contribution is 9.10. The highest BCUT2D eigenvalue weighted by atomic mass is 79.9. The van der Waals surface area contributed by atoms with Crippen LogP contribution >= 0.6 is 15.9 Å². The lowest BCUT2D eigenvalue weighted by molar-refractivity contribution is 0.601. The van der Waals surface area contributed by atoms with Crippen molar-refractivity contribution < 1.29 is 8.78 Å². The van der Waals surface area contributed by atoms with Gasteiger partial charge in [0.2, 0.25) is 0 Å². The summed E-state index contributed by atoms with van der Waals surface area (Å²) < 4.78 is 30.0. The highest BCUT2D eigenvalue weighted by Crippen LogP contribution is 2.22. The quantitative estimate of drug-likeness (QED) is 0.643. The molecule has 96 valence electrons. The molecule has 1 nitrogen and oxygen atoms in total. The molecular formula is C15H10BrF2N. The standard InChI is InChI=1S/C15H10BrF2N/c16-11-4-5-13(17)10(8-11)9-19-7-6-12-14(18)2-1-3-15(12)19/h1-8H,9H2. The summed E-state index contributed by atoms with van der Waals surface area (Å²) in [6, 6.07) is 11.4. The second-order valence-corrected chi connectivity index (χ2v) is 5.27. The van der Waals surface area contributed by atoms with Crippen LogP contribution in [-0.4, -0.2) is 4.57 Å². The number of rotatable bonds is 2. The Bertz CT molecular complexity index is 749. The van der Waals surface area contributed by atoms with Crippen LogP contribution in [0.5, 0.6) is 0 Å². The van der Waals surface area contributed by atoms with Gasteiger partial charge in [-0.25, -0.2) is 8.78 Å². The topological polar surface area (TPSA) is 4.93 Å². The van der Waals surface area contributed by atoms with Crippen molar-refractivity contribution in [2.24, 2.45) is 0 Å². The van der Waals surface area contributed by atoms with Crippen LogP contribution < -0.4 is 0 Å². The van der Waals surface area contributed by atoms with E-state index < -0.39 is 0 Å². The minimum absolute atomic E-state index is 0.258. The molecule has 1 heterocycles. The molecule has 0 N–H and O–H groups in total. The SMILES string of the molecule is Fc1ccc(Br)cc1Cn1ccc2c(F)cccc21. The number of hydrogen-bond donors (Lipinski definition) is 0. The monoisotopic (exact) mass is 321 g/mol. The smallest absolute Gasteiger partial charge is 0.132 e. The van der Waals surface area contributed by atoms with E-state index in [9.17, 15) is 8.78 Å². The van der Waals surface area contributed by atoms with Crippen LogP contribution in [0.1, 0.15) is 5.56 Å². The number of halogens is 3. The zero-order valence-corrected chi connectivity index (χ0v) is 11.5. The van der Waals surface area contributed by atoms with Crippen LogP contribution in [0.3, 0.4) is 0 Å². The fourth-order valence-corrected chi connectivity index (χ4v) is 2.58. The Morgan fingerprint density at radius 1 is 1.00 bits per heavy atom. The van der Waals surface area contributed by atoms with E-state index >= 15 is 0 Å². The first-order valence-electron chi connectivity index (χ1n) is 5.82. The molecule has 0 saturated carbocycles. The number of fused-ring (bicyclic) bond motifs is 1. The Hall–Kier alpha value is -1.68. The van der Waals surface area contributed by atoms with Crippen LogP contribution in [0.25, 0.3) is 10.9 Å². The largest absolute Gasteiger partial charge is 0.343 e. The molecule has 19 heavy (non-hydrogen) atoms. The maximum atomic E-state index is 13.7. The summed E-state index contributed by atoms with van der Waals surface area (Å²) in [7, 11) is 0. The summed E-state index contributed by atoms with van der Waals surface area (Å²) >= 11 is 3.33. The maximum Gasteiger partial charge on any atom is 0.132 e. The molecule has 0 amide bonds. The van der Waals surface area contributed by atoms with Gasteiger partial charge in [0.15, 0.2) is 0 Å². The number of hydrogen-bond acceptors (Lipinski definition) is 0. The predicted octanol–water partition coefficient (Wildman–Crippen LogP) is 4.73. The van der Waals surface area contributed by atoms with Crippen molar-refractivity contribution in [2.75, 3.05) is 0 Å². The Balaban J connectivity index is 2.06. The van der Waals surface area contributed by atoms with Crippen molar-refractivity contribution in [2.45, 2.75) is 6.54 Å². The van der Waals surface area contributed by atoms with Crippen molar-refractivity contribution in [3.05, 3.63) is 70.3 Å². The third-order valence-electron chi connectivity index (χ3n) is 3.11. The van der Waals surface area contributed by atoms with Gasteiger partial charge in [-0.15, -0.1) is 0 Å². The van der Waals surface area contributed by atoms with E-state index in [4.69, 9.17) is 0 Å². The van der Waals surface area contributed by atoms with Gasteiger partial charge < -0.3 is 4.57 Å². The summed E-state index contributed by atoms with van der Waals surface area (Å²) in [5, 5.41) is 0.554. The van der Waals surface area contributed by atoms with Crippen molar-refractivity contribution in [1.82, 2.24) is 4.57 Å². The molecule has 4 heteroatoms. The predicted molar refractivity (Wildman–Crippen MR) is 75.1 cm³/mol. The van der Waals surface area contributed by atoms with Crippen LogP contribution in [0.2, 0.25) is 0 Å². The molecule has 0 aliphatic rings. The molecule has 3 aromatic rings. The fraction of sp³-hybridized carbons (Fsp3) is 0.0667. The molecule has 0 aliphatic carbocycles. The molecule has 0 atom stereocenters. The fourth-order valence-electron chi connectivity index (χ4n) is 2.17. The van der Waals surface area contributed by atoms with Gasteiger partial charge in [0.1, 0.15) is 11.6 Å². The second-order valence-electron chi connectivity index (χ2n) is 4.35. The third kappa shape index (κ3) is 2.28. The second kappa shape index (κ2) is 4.78. The Kier molecular flexibility index (Phi) is 3.11. The maximum absolute atomic E-state index is 13.7. The Labute approximate surface area is 117 Å². The molecule has 0 unspecified atom stereocenters. The van der Waals surface area contributed by atoms with Crippen molar-refractivity contribution in [3.63, 3.8) is 0 Å². The molecule has 0 saturated heterocycles. The first kappa shape index (κ1) is 12.4. The first-order chi connectivity index (χ1) is 9.15. The number of aromatic nitrogens is 1. The minimum Gasteiger partial charge on any atom is -0.343 e. The van der Waals surface area contributed by atoms with Gasteiger partial charge in [-0.1, -0.05) is 22.0 Å². The molecule has 0 bridgehead atoms. The molecule has 1 aromatic heterocycles. The summed E-state index contributed by atoms with van der Waals surface area (Å²) in [5.41, 5.74) is 1.33. The molecule has 2 aromatic carbocycles. The summed E-state index contributed by atoms with van der Waals surface area (Å²) in [5.74, 6) is -0.521. The lowest BCUT2D eigenvalue weighted by Crippen LogP contribution is -2.00. The van der Waals surface area contributed by atoms with Gasteiger partial charge in [0.25, 0.3) is 0 Å². The Morgan fingerprint density at radius 3 is 2.68 bits per heavy atom. The van der Waals surface area contributed by atoms with E-state index in [0.29, 0.717) is 17.5 Å². The van der Waals surface area contributed by atoms with E-state index in [2.05, 4.69) is 15.9 Å². The molecule has 0 fully saturated rings. The first-order valence-corrected chi connectivity index (χ1v) is 6.62. The molecular weight excluding hydrogens is 312 g/mol.